The molecule has 2 aliphatic heterocycles. The van der Waals surface area contributed by atoms with Gasteiger partial charge < -0.3 is 25.2 Å². The summed E-state index contributed by atoms with van der Waals surface area (Å²) in [6.45, 7) is 3.71. The van der Waals surface area contributed by atoms with E-state index in [-0.39, 0.29) is 34.7 Å². The van der Waals surface area contributed by atoms with Gasteiger partial charge >= 0.3 is 114 Å². The Bertz CT molecular complexity index is 1070. The van der Waals surface area contributed by atoms with Crippen LogP contribution in [0.5, 0.6) is 11.5 Å². The Hall–Kier alpha value is 1.43. The number of fused-ring (bicyclic) bond motifs is 2. The maximum atomic E-state index is 11.7. The summed E-state index contributed by atoms with van der Waals surface area (Å²) in [5.74, 6) is 1.18. The number of rotatable bonds is 4. The van der Waals surface area contributed by atoms with Gasteiger partial charge in [0.1, 0.15) is 23.7 Å². The van der Waals surface area contributed by atoms with Gasteiger partial charge in [-0.1, -0.05) is 30.3 Å². The van der Waals surface area contributed by atoms with Crippen molar-refractivity contribution in [1.29, 1.82) is 0 Å². The molecule has 0 bridgehead atoms. The molecule has 0 saturated carbocycles. The van der Waals surface area contributed by atoms with Crippen LogP contribution in [0.25, 0.3) is 0 Å². The first kappa shape index (κ1) is 38.5. The predicted molar refractivity (Wildman–Crippen MR) is 188 cm³/mol. The number of ketones is 1. The van der Waals surface area contributed by atoms with E-state index in [2.05, 4.69) is 111 Å². The molecule has 15 heteroatoms. The number of carbonyl (C=O) groups excluding carboxylic acids is 3. The number of halogens is 5. The summed E-state index contributed by atoms with van der Waals surface area (Å²) in [4.78, 5) is 33.0. The number of hydrogen-bond acceptors (Lipinski definition) is 6. The summed E-state index contributed by atoms with van der Waals surface area (Å²) in [7, 11) is 0.628. The van der Waals surface area contributed by atoms with Gasteiger partial charge in [0.25, 0.3) is 0 Å². The fourth-order valence-corrected chi connectivity index (χ4v) is 3.56. The van der Waals surface area contributed by atoms with Crippen LogP contribution in [0, 0.1) is 0 Å². The molecule has 0 radical (unpaired) electrons. The molecule has 8 nitrogen and oxygen atoms in total. The molecule has 0 spiro atoms. The van der Waals surface area contributed by atoms with Gasteiger partial charge in [-0.2, -0.15) is 0 Å². The van der Waals surface area contributed by atoms with Gasteiger partial charge in [-0.25, -0.2) is 0 Å². The standard InChI is InChI=1S/C12H15NO3.C12H13NO3.5HI.2V/c2*1-8(14)13-7-9-6-11(15)10-4-2-3-5-12(10)16-9;;;;;;;/h2-5,9,11,15H,6-7H2,1H3,(H,13,14);2-5,9H,6-7H2,1H3,(H,13,14);5*1H;;/q;;;;;;;+2;+3/p-5/t9?,11-;;;;;;;;/m1......../s1. The Labute approximate surface area is 295 Å². The summed E-state index contributed by atoms with van der Waals surface area (Å²) in [6.07, 6.45) is -0.0991. The van der Waals surface area contributed by atoms with Crippen LogP contribution in [0.3, 0.4) is 0 Å². The average Bonchev–Trinajstić information content (AvgIpc) is 2.87. The normalized spacial score (nSPS) is 18.4. The molecular weight excluding hydrogens is 1150 g/mol. The van der Waals surface area contributed by atoms with Gasteiger partial charge in [-0.15, -0.1) is 0 Å². The Morgan fingerprint density at radius 2 is 1.38 bits per heavy atom. The molecule has 3 atom stereocenters. The van der Waals surface area contributed by atoms with E-state index in [4.69, 9.17) is 9.47 Å². The summed E-state index contributed by atoms with van der Waals surface area (Å²) >= 11 is 12.1. The summed E-state index contributed by atoms with van der Waals surface area (Å²) < 4.78 is 11.3. The van der Waals surface area contributed by atoms with Crippen LogP contribution in [0.1, 0.15) is 48.7 Å². The van der Waals surface area contributed by atoms with Gasteiger partial charge in [0.15, 0.2) is 5.78 Å². The molecule has 0 saturated heterocycles. The van der Waals surface area contributed by atoms with Crippen molar-refractivity contribution in [2.24, 2.45) is 0 Å². The van der Waals surface area contributed by atoms with E-state index >= 15 is 0 Å². The van der Waals surface area contributed by atoms with E-state index in [1.54, 1.807) is 12.1 Å². The van der Waals surface area contributed by atoms with Crippen LogP contribution in [0.4, 0.5) is 0 Å². The van der Waals surface area contributed by atoms with Crippen LogP contribution < -0.4 is 20.1 Å². The zero-order valence-electron chi connectivity index (χ0n) is 21.0. The Kier molecular flexibility index (Phi) is 21.7. The molecule has 0 fully saturated rings. The van der Waals surface area contributed by atoms with Crippen LogP contribution in [0.2, 0.25) is 0 Å². The number of carbonyl (C=O) groups is 3. The number of hydrogen-bond donors (Lipinski definition) is 3. The first-order chi connectivity index (χ1) is 18.5. The maximum absolute atomic E-state index is 11.7. The van der Waals surface area contributed by atoms with Crippen LogP contribution >= 0.6 is 99.9 Å². The minimum absolute atomic E-state index is 0.0669. The number of nitrogens with one attached hydrogen (secondary N) is 2. The van der Waals surface area contributed by atoms with E-state index in [1.165, 1.54) is 13.8 Å². The minimum atomic E-state index is -0.510. The quantitative estimate of drug-likeness (QED) is 0.299. The Balaban J connectivity index is 0.000000316. The van der Waals surface area contributed by atoms with Crippen molar-refractivity contribution < 1.29 is 43.4 Å². The van der Waals surface area contributed by atoms with E-state index in [0.29, 0.717) is 52.5 Å². The monoisotopic (exact) mass is 1180 g/mol. The van der Waals surface area contributed by atoms with Crippen LogP contribution in [-0.2, 0) is 24.0 Å². The molecule has 2 aromatic carbocycles. The zero-order chi connectivity index (χ0) is 29.4. The number of aliphatic hydroxyl groups excluding tert-OH is 1. The second-order valence-electron chi connectivity index (χ2n) is 8.02. The van der Waals surface area contributed by atoms with Gasteiger partial charge in [0.2, 0.25) is 11.8 Å². The first-order valence-electron chi connectivity index (χ1n) is 11.4. The summed E-state index contributed by atoms with van der Waals surface area (Å²) in [5.41, 5.74) is 1.45. The van der Waals surface area contributed by atoms with E-state index in [0.717, 1.165) is 5.56 Å². The number of para-hydroxylation sites is 2. The molecule has 0 aliphatic carbocycles. The van der Waals surface area contributed by atoms with Gasteiger partial charge in [0, 0.05) is 32.3 Å². The van der Waals surface area contributed by atoms with Crippen LogP contribution in [0.15, 0.2) is 48.5 Å². The molecular formula is C24H28I5N2O6V2. The summed E-state index contributed by atoms with van der Waals surface area (Å²) in [6, 6.07) is 14.6. The van der Waals surface area contributed by atoms with E-state index in [1.807, 2.05) is 36.4 Å². The van der Waals surface area contributed by atoms with Crippen molar-refractivity contribution in [3.05, 3.63) is 59.7 Å². The number of Topliss-reactive ketones (excluding diaryl/α,β-unsaturated/α-hetero) is 1. The molecule has 0 aromatic heterocycles. The van der Waals surface area contributed by atoms with Gasteiger partial charge in [0.05, 0.1) is 24.8 Å². The van der Waals surface area contributed by atoms with Gasteiger partial charge in [-0.3, -0.25) is 14.4 Å². The van der Waals surface area contributed by atoms with E-state index in [9.17, 15) is 19.5 Å². The van der Waals surface area contributed by atoms with Crippen LogP contribution in [-0.4, -0.2) is 48.0 Å². The van der Waals surface area contributed by atoms with Crippen molar-refractivity contribution in [3.63, 3.8) is 0 Å². The number of aliphatic hydroxyl groups is 1. The zero-order valence-corrected chi connectivity index (χ0v) is 34.5. The molecule has 2 aromatic rings. The third kappa shape index (κ3) is 16.7. The first-order valence-corrected chi connectivity index (χ1v) is 33.9. The third-order valence-electron chi connectivity index (χ3n) is 5.11. The van der Waals surface area contributed by atoms with Crippen molar-refractivity contribution in [3.8, 4) is 11.5 Å². The molecule has 2 aliphatic rings. The van der Waals surface area contributed by atoms with Gasteiger partial charge in [-0.05, 0) is 18.2 Å². The molecule has 39 heavy (non-hydrogen) atoms. The SMILES string of the molecule is CC(=O)NCC1CC(=O)c2ccccc2O1.CC(=O)NCC1C[C@@H](O)c2ccccc2O1.[I][V]([I])[I].[I][V][I]. The Morgan fingerprint density at radius 3 is 1.95 bits per heavy atom. The molecule has 215 valence electrons. The fraction of sp³-hybridized carbons (Fsp3) is 0.375. The molecule has 4 rings (SSSR count). The molecule has 2 amide bonds. The second-order valence-corrected chi connectivity index (χ2v) is 55.2. The topological polar surface area (TPSA) is 114 Å². The average molecular weight is 1180 g/mol. The second kappa shape index (κ2) is 22.0. The predicted octanol–water partition coefficient (Wildman–Crippen LogP) is 6.59. The van der Waals surface area contributed by atoms with Crippen molar-refractivity contribution in [2.45, 2.75) is 45.0 Å². The number of benzene rings is 2. The van der Waals surface area contributed by atoms with Crippen molar-refractivity contribution in [2.75, 3.05) is 13.1 Å². The molecule has 3 N–H and O–H groups in total. The van der Waals surface area contributed by atoms with Crippen molar-refractivity contribution >= 4 is 117 Å². The van der Waals surface area contributed by atoms with Crippen molar-refractivity contribution in [1.82, 2.24) is 10.6 Å². The third-order valence-corrected chi connectivity index (χ3v) is 5.11. The molecule has 2 heterocycles. The fourth-order valence-electron chi connectivity index (χ4n) is 3.56. The summed E-state index contributed by atoms with van der Waals surface area (Å²) in [5, 5.41) is 15.2. The Morgan fingerprint density at radius 1 is 0.923 bits per heavy atom. The number of amides is 2. The number of ether oxygens (including phenoxy) is 2. The molecule has 2 unspecified atom stereocenters. The van der Waals surface area contributed by atoms with E-state index < -0.39 is 6.10 Å².